The van der Waals surface area contributed by atoms with Gasteiger partial charge in [0.15, 0.2) is 11.7 Å². The summed E-state index contributed by atoms with van der Waals surface area (Å²) >= 11 is 5.28. The van der Waals surface area contributed by atoms with E-state index in [-0.39, 0.29) is 12.5 Å². The molecule has 2 heterocycles. The fourth-order valence-electron chi connectivity index (χ4n) is 3.04. The maximum absolute atomic E-state index is 12.3. The molecule has 4 rings (SSSR count). The second-order valence-corrected chi connectivity index (χ2v) is 10.2. The number of rotatable bonds is 8. The first-order valence-electron chi connectivity index (χ1n) is 9.60. The van der Waals surface area contributed by atoms with Gasteiger partial charge in [0.1, 0.15) is 17.2 Å². The standard InChI is InChI=1S/C22H22N2O4S3/c1-26-16-7-8-17(19(11-16)27-2)18-13-31-22(23-18)24-20(25)12-28-15-5-3-14(4-6-15)21-29-9-10-30-21/h3-8,11,13,21H,9-10,12H2,1-2H3,(H,23,24,25). The molecule has 1 aliphatic heterocycles. The average Bonchev–Trinajstić information content (AvgIpc) is 3.50. The van der Waals surface area contributed by atoms with Crippen LogP contribution in [-0.4, -0.2) is 43.2 Å². The SMILES string of the molecule is COc1ccc(-c2csc(NC(=O)COc3ccc(C4SCCS4)cc3)n2)c(OC)c1. The molecule has 1 saturated heterocycles. The van der Waals surface area contributed by atoms with Crippen molar-refractivity contribution in [1.82, 2.24) is 4.98 Å². The molecule has 3 aromatic rings. The lowest BCUT2D eigenvalue weighted by molar-refractivity contribution is -0.118. The van der Waals surface area contributed by atoms with Crippen molar-refractivity contribution < 1.29 is 19.0 Å². The van der Waals surface area contributed by atoms with E-state index in [1.807, 2.05) is 53.2 Å². The zero-order valence-corrected chi connectivity index (χ0v) is 19.6. The van der Waals surface area contributed by atoms with Crippen LogP contribution in [0.4, 0.5) is 5.13 Å². The van der Waals surface area contributed by atoms with Gasteiger partial charge in [0.05, 0.1) is 24.5 Å². The minimum Gasteiger partial charge on any atom is -0.497 e. The van der Waals surface area contributed by atoms with Gasteiger partial charge < -0.3 is 14.2 Å². The molecule has 162 valence electrons. The second kappa shape index (κ2) is 10.3. The first-order chi connectivity index (χ1) is 15.2. The van der Waals surface area contributed by atoms with Crippen molar-refractivity contribution in [3.05, 3.63) is 53.4 Å². The minimum absolute atomic E-state index is 0.0763. The number of thiazole rings is 1. The Labute approximate surface area is 193 Å². The quantitative estimate of drug-likeness (QED) is 0.474. The Morgan fingerprint density at radius 1 is 1.06 bits per heavy atom. The van der Waals surface area contributed by atoms with E-state index in [4.69, 9.17) is 14.2 Å². The van der Waals surface area contributed by atoms with E-state index in [0.29, 0.717) is 27.0 Å². The predicted molar refractivity (Wildman–Crippen MR) is 129 cm³/mol. The number of hydrogen-bond donors (Lipinski definition) is 1. The van der Waals surface area contributed by atoms with E-state index in [0.717, 1.165) is 11.3 Å². The number of aromatic nitrogens is 1. The van der Waals surface area contributed by atoms with Crippen LogP contribution in [0, 0.1) is 0 Å². The molecular formula is C22H22N2O4S3. The number of anilines is 1. The fourth-order valence-corrected chi connectivity index (χ4v) is 6.63. The van der Waals surface area contributed by atoms with Crippen LogP contribution in [0.3, 0.4) is 0 Å². The summed E-state index contributed by atoms with van der Waals surface area (Å²) in [6, 6.07) is 13.5. The number of carbonyl (C=O) groups excluding carboxylic acids is 1. The summed E-state index contributed by atoms with van der Waals surface area (Å²) in [5, 5.41) is 5.17. The Morgan fingerprint density at radius 2 is 1.81 bits per heavy atom. The summed E-state index contributed by atoms with van der Waals surface area (Å²) in [6.45, 7) is -0.0763. The van der Waals surface area contributed by atoms with Gasteiger partial charge in [0, 0.05) is 28.5 Å². The van der Waals surface area contributed by atoms with Gasteiger partial charge in [-0.25, -0.2) is 4.98 Å². The van der Waals surface area contributed by atoms with Crippen LogP contribution in [-0.2, 0) is 4.79 Å². The number of nitrogens with one attached hydrogen (secondary N) is 1. The van der Waals surface area contributed by atoms with Gasteiger partial charge in [-0.1, -0.05) is 12.1 Å². The van der Waals surface area contributed by atoms with Crippen LogP contribution >= 0.6 is 34.9 Å². The van der Waals surface area contributed by atoms with Crippen molar-refractivity contribution in [2.75, 3.05) is 37.6 Å². The van der Waals surface area contributed by atoms with Crippen molar-refractivity contribution in [3.8, 4) is 28.5 Å². The van der Waals surface area contributed by atoms with Crippen LogP contribution in [0.25, 0.3) is 11.3 Å². The molecule has 9 heteroatoms. The maximum Gasteiger partial charge on any atom is 0.264 e. The largest absolute Gasteiger partial charge is 0.497 e. The monoisotopic (exact) mass is 474 g/mol. The van der Waals surface area contributed by atoms with Crippen LogP contribution in [0.15, 0.2) is 47.8 Å². The molecule has 1 aliphatic rings. The number of nitrogens with zero attached hydrogens (tertiary/aromatic N) is 1. The van der Waals surface area contributed by atoms with Gasteiger partial charge in [-0.3, -0.25) is 10.1 Å². The highest BCUT2D eigenvalue weighted by atomic mass is 32.2. The molecule has 6 nitrogen and oxygen atoms in total. The topological polar surface area (TPSA) is 69.7 Å². The molecule has 0 aliphatic carbocycles. The molecule has 1 fully saturated rings. The maximum atomic E-state index is 12.3. The molecule has 1 N–H and O–H groups in total. The van der Waals surface area contributed by atoms with Crippen molar-refractivity contribution in [3.63, 3.8) is 0 Å². The Balaban J connectivity index is 1.33. The van der Waals surface area contributed by atoms with Gasteiger partial charge in [-0.2, -0.15) is 0 Å². The van der Waals surface area contributed by atoms with E-state index in [1.54, 1.807) is 20.3 Å². The molecule has 1 amide bonds. The van der Waals surface area contributed by atoms with Gasteiger partial charge in [-0.15, -0.1) is 34.9 Å². The molecule has 0 unspecified atom stereocenters. The normalized spacial score (nSPS) is 13.7. The minimum atomic E-state index is -0.256. The lowest BCUT2D eigenvalue weighted by atomic mass is 10.1. The predicted octanol–water partition coefficient (Wildman–Crippen LogP) is 5.32. The highest BCUT2D eigenvalue weighted by molar-refractivity contribution is 8.19. The highest BCUT2D eigenvalue weighted by Gasteiger charge is 2.18. The third kappa shape index (κ3) is 5.47. The Bertz CT molecular complexity index is 1030. The number of amides is 1. The molecule has 0 spiro atoms. The molecule has 0 saturated carbocycles. The Morgan fingerprint density at radius 3 is 2.52 bits per heavy atom. The number of thioether (sulfide) groups is 2. The zero-order chi connectivity index (χ0) is 21.6. The molecular weight excluding hydrogens is 452 g/mol. The van der Waals surface area contributed by atoms with Gasteiger partial charge in [0.2, 0.25) is 0 Å². The van der Waals surface area contributed by atoms with Crippen LogP contribution < -0.4 is 19.5 Å². The summed E-state index contributed by atoms with van der Waals surface area (Å²) < 4.78 is 16.8. The van der Waals surface area contributed by atoms with E-state index >= 15 is 0 Å². The fraction of sp³-hybridized carbons (Fsp3) is 0.273. The molecule has 0 atom stereocenters. The van der Waals surface area contributed by atoms with E-state index < -0.39 is 0 Å². The third-order valence-electron chi connectivity index (χ3n) is 4.58. The molecule has 1 aromatic heterocycles. The Kier molecular flexibility index (Phi) is 7.26. The molecule has 2 aromatic carbocycles. The first-order valence-corrected chi connectivity index (χ1v) is 12.6. The zero-order valence-electron chi connectivity index (χ0n) is 17.1. The molecule has 0 radical (unpaired) electrons. The molecule has 31 heavy (non-hydrogen) atoms. The summed E-state index contributed by atoms with van der Waals surface area (Å²) in [5.74, 6) is 4.16. The summed E-state index contributed by atoms with van der Waals surface area (Å²) in [7, 11) is 3.21. The number of ether oxygens (including phenoxy) is 3. The number of methoxy groups -OCH3 is 2. The van der Waals surface area contributed by atoms with E-state index in [1.165, 1.54) is 28.4 Å². The van der Waals surface area contributed by atoms with E-state index in [2.05, 4.69) is 22.4 Å². The van der Waals surface area contributed by atoms with E-state index in [9.17, 15) is 4.79 Å². The highest BCUT2D eigenvalue weighted by Crippen LogP contribution is 2.45. The second-order valence-electron chi connectivity index (χ2n) is 6.58. The number of hydrogen-bond acceptors (Lipinski definition) is 8. The van der Waals surface area contributed by atoms with Crippen LogP contribution in [0.2, 0.25) is 0 Å². The summed E-state index contributed by atoms with van der Waals surface area (Å²) in [6.07, 6.45) is 0. The van der Waals surface area contributed by atoms with Crippen LogP contribution in [0.1, 0.15) is 10.1 Å². The van der Waals surface area contributed by atoms with Crippen molar-refractivity contribution in [1.29, 1.82) is 0 Å². The molecule has 0 bridgehead atoms. The first kappa shape index (κ1) is 21.9. The van der Waals surface area contributed by atoms with Crippen molar-refractivity contribution in [2.24, 2.45) is 0 Å². The summed E-state index contributed by atoms with van der Waals surface area (Å²) in [5.41, 5.74) is 2.84. The van der Waals surface area contributed by atoms with Crippen LogP contribution in [0.5, 0.6) is 17.2 Å². The van der Waals surface area contributed by atoms with Gasteiger partial charge in [0.25, 0.3) is 5.91 Å². The summed E-state index contributed by atoms with van der Waals surface area (Å²) in [4.78, 5) is 16.8. The lowest BCUT2D eigenvalue weighted by Crippen LogP contribution is -2.20. The smallest absolute Gasteiger partial charge is 0.264 e. The Hall–Kier alpha value is -2.36. The third-order valence-corrected chi connectivity index (χ3v) is 8.44. The van der Waals surface area contributed by atoms with Crippen molar-refractivity contribution in [2.45, 2.75) is 4.58 Å². The number of benzene rings is 2. The lowest BCUT2D eigenvalue weighted by Gasteiger charge is -2.10. The van der Waals surface area contributed by atoms with Crippen molar-refractivity contribution >= 4 is 45.9 Å². The van der Waals surface area contributed by atoms with Gasteiger partial charge >= 0.3 is 0 Å². The average molecular weight is 475 g/mol. The van der Waals surface area contributed by atoms with Gasteiger partial charge in [-0.05, 0) is 29.8 Å². The number of carbonyl (C=O) groups is 1.